The first-order chi connectivity index (χ1) is 5.20. The van der Waals surface area contributed by atoms with Crippen molar-refractivity contribution in [1.82, 2.24) is 5.32 Å². The Hall–Kier alpha value is -0.120. The zero-order valence-corrected chi connectivity index (χ0v) is 7.63. The van der Waals surface area contributed by atoms with Crippen LogP contribution in [0.15, 0.2) is 0 Å². The van der Waals surface area contributed by atoms with Gasteiger partial charge in [-0.2, -0.15) is 0 Å². The van der Waals surface area contributed by atoms with Gasteiger partial charge in [-0.05, 0) is 6.42 Å². The van der Waals surface area contributed by atoms with Gasteiger partial charge < -0.3 is 15.2 Å². The summed E-state index contributed by atoms with van der Waals surface area (Å²) in [4.78, 5) is 0. The molecule has 0 heterocycles. The molecule has 0 aromatic rings. The Bertz CT molecular complexity index is 80.2. The predicted molar refractivity (Wildman–Crippen MR) is 45.6 cm³/mol. The molecule has 2 N–H and O–H groups in total. The molecule has 0 bridgehead atoms. The van der Waals surface area contributed by atoms with Crippen molar-refractivity contribution in [2.45, 2.75) is 32.4 Å². The molecule has 0 aromatic heterocycles. The van der Waals surface area contributed by atoms with Gasteiger partial charge >= 0.3 is 0 Å². The highest BCUT2D eigenvalue weighted by Gasteiger charge is 2.07. The second-order valence-corrected chi connectivity index (χ2v) is 2.99. The average molecular weight is 161 g/mol. The Morgan fingerprint density at radius 2 is 2.09 bits per heavy atom. The van der Waals surface area contributed by atoms with Crippen LogP contribution in [0.25, 0.3) is 0 Å². The number of hydrogen-bond donors (Lipinski definition) is 2. The first kappa shape index (κ1) is 10.9. The monoisotopic (exact) mass is 161 g/mol. The summed E-state index contributed by atoms with van der Waals surface area (Å²) < 4.78 is 4.98. The minimum atomic E-state index is 0.216. The van der Waals surface area contributed by atoms with E-state index in [1.165, 1.54) is 0 Å². The van der Waals surface area contributed by atoms with Crippen LogP contribution in [0.2, 0.25) is 0 Å². The van der Waals surface area contributed by atoms with E-state index < -0.39 is 0 Å². The first-order valence-electron chi connectivity index (χ1n) is 4.06. The molecular weight excluding hydrogens is 142 g/mol. The third kappa shape index (κ3) is 6.28. The normalized spacial score (nSPS) is 13.9. The molecule has 0 aliphatic carbocycles. The summed E-state index contributed by atoms with van der Waals surface area (Å²) in [7, 11) is 1.67. The lowest BCUT2D eigenvalue weighted by atomic mass is 10.2. The summed E-state index contributed by atoms with van der Waals surface area (Å²) in [6.45, 7) is 5.05. The lowest BCUT2D eigenvalue weighted by Gasteiger charge is -2.19. The van der Waals surface area contributed by atoms with Crippen molar-refractivity contribution >= 4 is 0 Å². The van der Waals surface area contributed by atoms with Gasteiger partial charge in [0.15, 0.2) is 0 Å². The standard InChI is InChI=1S/C8H19NO2/c1-7(2)9-8(4-5-10)6-11-3/h7-10H,4-6H2,1-3H3. The Balaban J connectivity index is 3.50. The van der Waals surface area contributed by atoms with Crippen molar-refractivity contribution < 1.29 is 9.84 Å². The summed E-state index contributed by atoms with van der Waals surface area (Å²) >= 11 is 0. The fraction of sp³-hybridized carbons (Fsp3) is 1.00. The second-order valence-electron chi connectivity index (χ2n) is 2.99. The van der Waals surface area contributed by atoms with Gasteiger partial charge in [0, 0.05) is 25.8 Å². The minimum Gasteiger partial charge on any atom is -0.396 e. The van der Waals surface area contributed by atoms with E-state index in [2.05, 4.69) is 19.2 Å². The Morgan fingerprint density at radius 3 is 2.45 bits per heavy atom. The number of hydrogen-bond acceptors (Lipinski definition) is 3. The highest BCUT2D eigenvalue weighted by atomic mass is 16.5. The molecule has 0 aliphatic rings. The molecule has 0 spiro atoms. The zero-order chi connectivity index (χ0) is 8.69. The van der Waals surface area contributed by atoms with Crippen LogP contribution in [-0.4, -0.2) is 37.5 Å². The van der Waals surface area contributed by atoms with Crippen molar-refractivity contribution in [2.75, 3.05) is 20.3 Å². The first-order valence-corrected chi connectivity index (χ1v) is 4.06. The van der Waals surface area contributed by atoms with Crippen molar-refractivity contribution in [3.63, 3.8) is 0 Å². The van der Waals surface area contributed by atoms with Crippen LogP contribution in [0.5, 0.6) is 0 Å². The van der Waals surface area contributed by atoms with E-state index in [1.54, 1.807) is 7.11 Å². The highest BCUT2D eigenvalue weighted by Crippen LogP contribution is 1.93. The molecule has 0 saturated carbocycles. The van der Waals surface area contributed by atoms with Crippen LogP contribution >= 0.6 is 0 Å². The number of ether oxygens (including phenoxy) is 1. The molecule has 1 unspecified atom stereocenters. The van der Waals surface area contributed by atoms with E-state index in [4.69, 9.17) is 9.84 Å². The summed E-state index contributed by atoms with van der Waals surface area (Å²) in [6, 6.07) is 0.728. The number of methoxy groups -OCH3 is 1. The van der Waals surface area contributed by atoms with Gasteiger partial charge in [-0.15, -0.1) is 0 Å². The quantitative estimate of drug-likeness (QED) is 0.592. The number of rotatable bonds is 6. The van der Waals surface area contributed by atoms with Gasteiger partial charge in [-0.25, -0.2) is 0 Å². The van der Waals surface area contributed by atoms with Crippen molar-refractivity contribution in [3.05, 3.63) is 0 Å². The molecule has 0 rings (SSSR count). The van der Waals surface area contributed by atoms with E-state index in [9.17, 15) is 0 Å². The maximum absolute atomic E-state index is 8.68. The molecule has 0 aromatic carbocycles. The molecule has 3 nitrogen and oxygen atoms in total. The number of aliphatic hydroxyl groups is 1. The Kier molecular flexibility index (Phi) is 6.51. The molecule has 0 fully saturated rings. The maximum atomic E-state index is 8.68. The molecule has 0 saturated heterocycles. The molecule has 0 radical (unpaired) electrons. The molecule has 1 atom stereocenters. The Morgan fingerprint density at radius 1 is 1.45 bits per heavy atom. The van der Waals surface area contributed by atoms with E-state index in [-0.39, 0.29) is 12.6 Å². The molecule has 68 valence electrons. The number of nitrogens with one attached hydrogen (secondary N) is 1. The van der Waals surface area contributed by atoms with E-state index in [0.717, 1.165) is 6.42 Å². The number of aliphatic hydroxyl groups excluding tert-OH is 1. The summed E-state index contributed by atoms with van der Waals surface area (Å²) in [5.41, 5.74) is 0. The van der Waals surface area contributed by atoms with Crippen LogP contribution in [0.4, 0.5) is 0 Å². The SMILES string of the molecule is COCC(CCO)NC(C)C. The third-order valence-corrected chi connectivity index (χ3v) is 1.41. The van der Waals surface area contributed by atoms with Crippen LogP contribution in [0.1, 0.15) is 20.3 Å². The van der Waals surface area contributed by atoms with Gasteiger partial charge in [0.1, 0.15) is 0 Å². The molecule has 3 heteroatoms. The smallest absolute Gasteiger partial charge is 0.0616 e. The van der Waals surface area contributed by atoms with Gasteiger partial charge in [0.05, 0.1) is 6.61 Å². The Labute approximate surface area is 68.8 Å². The van der Waals surface area contributed by atoms with E-state index >= 15 is 0 Å². The van der Waals surface area contributed by atoms with E-state index in [1.807, 2.05) is 0 Å². The largest absolute Gasteiger partial charge is 0.396 e. The summed E-state index contributed by atoms with van der Waals surface area (Å²) in [5.74, 6) is 0. The van der Waals surface area contributed by atoms with Crippen LogP contribution < -0.4 is 5.32 Å². The van der Waals surface area contributed by atoms with Crippen molar-refractivity contribution in [3.8, 4) is 0 Å². The van der Waals surface area contributed by atoms with Crippen LogP contribution in [0.3, 0.4) is 0 Å². The third-order valence-electron chi connectivity index (χ3n) is 1.41. The van der Waals surface area contributed by atoms with Gasteiger partial charge in [0.25, 0.3) is 0 Å². The highest BCUT2D eigenvalue weighted by molar-refractivity contribution is 4.67. The van der Waals surface area contributed by atoms with E-state index in [0.29, 0.717) is 12.6 Å². The van der Waals surface area contributed by atoms with Gasteiger partial charge in [-0.3, -0.25) is 0 Å². The van der Waals surface area contributed by atoms with Crippen molar-refractivity contribution in [1.29, 1.82) is 0 Å². The zero-order valence-electron chi connectivity index (χ0n) is 7.63. The molecule has 11 heavy (non-hydrogen) atoms. The average Bonchev–Trinajstić information content (AvgIpc) is 1.87. The van der Waals surface area contributed by atoms with Crippen molar-refractivity contribution in [2.24, 2.45) is 0 Å². The molecule has 0 aliphatic heterocycles. The molecular formula is C8H19NO2. The van der Waals surface area contributed by atoms with Crippen LogP contribution in [0, 0.1) is 0 Å². The second kappa shape index (κ2) is 6.58. The lowest BCUT2D eigenvalue weighted by molar-refractivity contribution is 0.144. The molecule has 0 amide bonds. The summed E-state index contributed by atoms with van der Waals surface area (Å²) in [6.07, 6.45) is 0.756. The fourth-order valence-corrected chi connectivity index (χ4v) is 1.04. The fourth-order valence-electron chi connectivity index (χ4n) is 1.04. The van der Waals surface area contributed by atoms with Gasteiger partial charge in [-0.1, -0.05) is 13.8 Å². The topological polar surface area (TPSA) is 41.5 Å². The summed E-state index contributed by atoms with van der Waals surface area (Å²) in [5, 5.41) is 12.0. The maximum Gasteiger partial charge on any atom is 0.0616 e. The van der Waals surface area contributed by atoms with Crippen LogP contribution in [-0.2, 0) is 4.74 Å². The lowest BCUT2D eigenvalue weighted by Crippen LogP contribution is -2.38. The van der Waals surface area contributed by atoms with Gasteiger partial charge in [0.2, 0.25) is 0 Å². The minimum absolute atomic E-state index is 0.216. The predicted octanol–water partition coefficient (Wildman–Crippen LogP) is 0.382.